The first kappa shape index (κ1) is 8.98. The van der Waals surface area contributed by atoms with E-state index < -0.39 is 0 Å². The molecule has 0 unspecified atom stereocenters. The minimum Gasteiger partial charge on any atom is -0.294 e. The molecule has 1 rings (SSSR count). The summed E-state index contributed by atoms with van der Waals surface area (Å²) in [5.41, 5.74) is 1.89. The number of rotatable bonds is 0. The summed E-state index contributed by atoms with van der Waals surface area (Å²) in [6.07, 6.45) is 0. The largest absolute Gasteiger partial charge is 0.294 e. The highest BCUT2D eigenvalue weighted by Crippen LogP contribution is 2.20. The van der Waals surface area contributed by atoms with Crippen molar-refractivity contribution in [2.24, 2.45) is 0 Å². The van der Waals surface area contributed by atoms with Gasteiger partial charge in [-0.15, -0.1) is 0 Å². The zero-order valence-corrected chi connectivity index (χ0v) is 8.22. The van der Waals surface area contributed by atoms with Crippen molar-refractivity contribution in [2.75, 3.05) is 12.9 Å². The molecule has 0 spiro atoms. The zero-order chi connectivity index (χ0) is 8.43. The Kier molecular flexibility index (Phi) is 2.88. The maximum absolute atomic E-state index is 8.48. The molecule has 1 heterocycles. The number of hydrogen-bond donors (Lipinski definition) is 2. The molecule has 0 aromatic carbocycles. The lowest BCUT2D eigenvalue weighted by molar-refractivity contribution is 0.227. The lowest BCUT2D eigenvalue weighted by Gasteiger charge is -2.16. The quantitative estimate of drug-likeness (QED) is 0.340. The van der Waals surface area contributed by atoms with E-state index in [2.05, 4.69) is 0 Å². The molecule has 1 aliphatic rings. The number of nitrogens with zero attached hydrogens (tertiary/aromatic N) is 2. The number of nitrogens with one attached hydrogen (secondary N) is 1. The Morgan fingerprint density at radius 3 is 2.82 bits per heavy atom. The molecule has 0 saturated carbocycles. The molecule has 0 amide bonds. The van der Waals surface area contributed by atoms with Gasteiger partial charge >= 0.3 is 0 Å². The van der Waals surface area contributed by atoms with Crippen LogP contribution in [0.1, 0.15) is 0 Å². The van der Waals surface area contributed by atoms with E-state index in [0.717, 1.165) is 0 Å². The fourth-order valence-corrected chi connectivity index (χ4v) is 2.07. The highest BCUT2D eigenvalue weighted by Gasteiger charge is 2.25. The van der Waals surface area contributed by atoms with Crippen LogP contribution in [0.15, 0.2) is 0 Å². The van der Waals surface area contributed by atoms with Crippen molar-refractivity contribution >= 4 is 46.6 Å². The van der Waals surface area contributed by atoms with Gasteiger partial charge in [0.25, 0.3) is 0 Å². The average molecular weight is 209 g/mol. The van der Waals surface area contributed by atoms with E-state index in [0.29, 0.717) is 11.0 Å². The van der Waals surface area contributed by atoms with Crippen molar-refractivity contribution in [1.82, 2.24) is 14.7 Å². The Morgan fingerprint density at radius 2 is 2.45 bits per heavy atom. The Balaban J connectivity index is 2.62. The van der Waals surface area contributed by atoms with E-state index in [1.807, 2.05) is 16.8 Å². The Labute approximate surface area is 79.6 Å². The van der Waals surface area contributed by atoms with Gasteiger partial charge in [0.1, 0.15) is 0 Å². The molecule has 1 aliphatic heterocycles. The lowest BCUT2D eigenvalue weighted by Crippen LogP contribution is -2.40. The monoisotopic (exact) mass is 209 g/mol. The number of hydroxylamine groups is 1. The van der Waals surface area contributed by atoms with Gasteiger partial charge in [-0.2, -0.15) is 0 Å². The summed E-state index contributed by atoms with van der Waals surface area (Å²) in [6, 6.07) is 0. The predicted molar refractivity (Wildman–Crippen MR) is 52.2 cm³/mol. The standard InChI is InChI=1S/C4H7N3OS3/c1-6-4(10)7(2-11-6)3(9)5-8/h8H,2H2,1H3,(H,5,9). The van der Waals surface area contributed by atoms with Crippen molar-refractivity contribution < 1.29 is 5.21 Å². The molecule has 2 N–H and O–H groups in total. The van der Waals surface area contributed by atoms with Crippen molar-refractivity contribution in [3.05, 3.63) is 0 Å². The normalized spacial score (nSPS) is 17.5. The van der Waals surface area contributed by atoms with Crippen LogP contribution in [-0.4, -0.2) is 37.6 Å². The van der Waals surface area contributed by atoms with Crippen molar-refractivity contribution in [3.63, 3.8) is 0 Å². The van der Waals surface area contributed by atoms with Gasteiger partial charge < -0.3 is 0 Å². The molecule has 0 radical (unpaired) electrons. The minimum atomic E-state index is 0.242. The molecule has 0 bridgehead atoms. The van der Waals surface area contributed by atoms with Gasteiger partial charge in [0, 0.05) is 7.05 Å². The smallest absolute Gasteiger partial charge is 0.200 e. The molecule has 11 heavy (non-hydrogen) atoms. The molecule has 0 atom stereocenters. The third kappa shape index (κ3) is 1.73. The maximum atomic E-state index is 8.48. The molecule has 0 aromatic rings. The molecular formula is C4H7N3OS3. The maximum Gasteiger partial charge on any atom is 0.200 e. The molecule has 7 heteroatoms. The fourth-order valence-electron chi connectivity index (χ4n) is 0.631. The van der Waals surface area contributed by atoms with Crippen molar-refractivity contribution in [3.8, 4) is 0 Å². The lowest BCUT2D eigenvalue weighted by atomic mass is 10.8. The molecule has 62 valence electrons. The van der Waals surface area contributed by atoms with E-state index in [-0.39, 0.29) is 5.11 Å². The minimum absolute atomic E-state index is 0.242. The summed E-state index contributed by atoms with van der Waals surface area (Å²) in [4.78, 5) is 1.63. The Morgan fingerprint density at radius 1 is 1.82 bits per heavy atom. The van der Waals surface area contributed by atoms with E-state index >= 15 is 0 Å². The molecule has 1 saturated heterocycles. The summed E-state index contributed by atoms with van der Waals surface area (Å²) >= 11 is 11.3. The van der Waals surface area contributed by atoms with Gasteiger partial charge in [-0.1, -0.05) is 0 Å². The van der Waals surface area contributed by atoms with Gasteiger partial charge in [0.05, 0.1) is 5.88 Å². The van der Waals surface area contributed by atoms with Crippen LogP contribution in [0, 0.1) is 0 Å². The summed E-state index contributed by atoms with van der Waals surface area (Å²) in [5.74, 6) is 0.654. The molecule has 0 aliphatic carbocycles. The second kappa shape index (κ2) is 3.53. The first-order valence-corrected chi connectivity index (χ1v) is 4.55. The first-order chi connectivity index (χ1) is 5.16. The summed E-state index contributed by atoms with van der Waals surface area (Å²) in [6.45, 7) is 0. The third-order valence-electron chi connectivity index (χ3n) is 1.22. The summed E-state index contributed by atoms with van der Waals surface area (Å²) in [5, 5.41) is 9.33. The van der Waals surface area contributed by atoms with Crippen LogP contribution in [0.3, 0.4) is 0 Å². The highest BCUT2D eigenvalue weighted by atomic mass is 32.2. The van der Waals surface area contributed by atoms with Crippen LogP contribution in [0.2, 0.25) is 0 Å². The van der Waals surface area contributed by atoms with Crippen LogP contribution in [0.4, 0.5) is 0 Å². The molecular weight excluding hydrogens is 202 g/mol. The number of hydrogen-bond acceptors (Lipinski definition) is 4. The van der Waals surface area contributed by atoms with Gasteiger partial charge in [-0.05, 0) is 36.4 Å². The third-order valence-corrected chi connectivity index (χ3v) is 3.08. The van der Waals surface area contributed by atoms with E-state index in [4.69, 9.17) is 29.6 Å². The van der Waals surface area contributed by atoms with Crippen LogP contribution in [-0.2, 0) is 0 Å². The topological polar surface area (TPSA) is 38.7 Å². The molecule has 4 nitrogen and oxygen atoms in total. The second-order valence-electron chi connectivity index (χ2n) is 1.88. The van der Waals surface area contributed by atoms with Gasteiger partial charge in [-0.3, -0.25) is 14.4 Å². The Hall–Kier alpha value is -0.110. The van der Waals surface area contributed by atoms with Crippen LogP contribution in [0.25, 0.3) is 0 Å². The highest BCUT2D eigenvalue weighted by molar-refractivity contribution is 7.99. The SMILES string of the molecule is CN1SCN(C(=S)NO)C1=S. The zero-order valence-electron chi connectivity index (χ0n) is 5.77. The second-order valence-corrected chi connectivity index (χ2v) is 3.70. The summed E-state index contributed by atoms with van der Waals surface area (Å²) < 4.78 is 1.82. The molecule has 1 fully saturated rings. The van der Waals surface area contributed by atoms with Crippen LogP contribution in [0.5, 0.6) is 0 Å². The number of thiocarbonyl (C=S) groups is 2. The van der Waals surface area contributed by atoms with Gasteiger partial charge in [-0.25, -0.2) is 5.48 Å². The average Bonchev–Trinajstić information content (AvgIpc) is 2.32. The Bertz CT molecular complexity index is 197. The van der Waals surface area contributed by atoms with E-state index in [1.54, 1.807) is 4.90 Å². The van der Waals surface area contributed by atoms with Gasteiger partial charge in [0.15, 0.2) is 10.2 Å². The van der Waals surface area contributed by atoms with E-state index in [1.165, 1.54) is 11.9 Å². The fraction of sp³-hybridized carbons (Fsp3) is 0.500. The van der Waals surface area contributed by atoms with E-state index in [9.17, 15) is 0 Å². The van der Waals surface area contributed by atoms with Crippen molar-refractivity contribution in [1.29, 1.82) is 0 Å². The van der Waals surface area contributed by atoms with Gasteiger partial charge in [0.2, 0.25) is 0 Å². The van der Waals surface area contributed by atoms with Crippen LogP contribution >= 0.6 is 36.4 Å². The summed E-state index contributed by atoms with van der Waals surface area (Å²) in [7, 11) is 1.85. The van der Waals surface area contributed by atoms with Crippen molar-refractivity contribution in [2.45, 2.75) is 0 Å². The van der Waals surface area contributed by atoms with Crippen LogP contribution < -0.4 is 5.48 Å². The first-order valence-electron chi connectivity index (χ1n) is 2.79. The molecule has 0 aromatic heterocycles. The predicted octanol–water partition coefficient (Wildman–Crippen LogP) is 0.388.